The van der Waals surface area contributed by atoms with Crippen molar-refractivity contribution in [2.75, 3.05) is 6.61 Å². The number of halogens is 1. The predicted octanol–water partition coefficient (Wildman–Crippen LogP) is 2.70. The summed E-state index contributed by atoms with van der Waals surface area (Å²) in [6.45, 7) is 4.21. The molecule has 0 saturated heterocycles. The lowest BCUT2D eigenvalue weighted by atomic mass is 10.2. The summed E-state index contributed by atoms with van der Waals surface area (Å²) in [6, 6.07) is 9.46. The zero-order valence-electron chi connectivity index (χ0n) is 12.8. The fraction of sp³-hybridized carbons (Fsp3) is 0.267. The highest BCUT2D eigenvalue weighted by molar-refractivity contribution is 7.85. The van der Waals surface area contributed by atoms with E-state index < -0.39 is 10.1 Å². The van der Waals surface area contributed by atoms with E-state index in [4.69, 9.17) is 26.6 Å². The first-order valence-electron chi connectivity index (χ1n) is 6.72. The molecule has 0 fully saturated rings. The van der Waals surface area contributed by atoms with Crippen molar-refractivity contribution < 1.29 is 17.7 Å². The van der Waals surface area contributed by atoms with Crippen LogP contribution in [0.1, 0.15) is 12.5 Å². The Bertz CT molecular complexity index is 701. The van der Waals surface area contributed by atoms with Gasteiger partial charge < -0.3 is 10.5 Å². The maximum atomic E-state index is 10.5. The lowest BCUT2D eigenvalue weighted by molar-refractivity contribution is 0.295. The maximum absolute atomic E-state index is 10.5. The van der Waals surface area contributed by atoms with Gasteiger partial charge in [-0.2, -0.15) is 8.42 Å². The van der Waals surface area contributed by atoms with E-state index in [1.54, 1.807) is 30.5 Å². The third-order valence-electron chi connectivity index (χ3n) is 2.53. The molecular weight excluding hydrogens is 340 g/mol. The summed E-state index contributed by atoms with van der Waals surface area (Å²) in [5.41, 5.74) is 6.45. The van der Waals surface area contributed by atoms with Crippen LogP contribution >= 0.6 is 11.6 Å². The van der Waals surface area contributed by atoms with Crippen molar-refractivity contribution >= 4 is 21.7 Å². The molecule has 2 rings (SSSR count). The average molecular weight is 359 g/mol. The number of rotatable bonds is 4. The van der Waals surface area contributed by atoms with Gasteiger partial charge in [0, 0.05) is 6.04 Å². The minimum atomic E-state index is -4.02. The average Bonchev–Trinajstić information content (AvgIpc) is 2.47. The van der Waals surface area contributed by atoms with Gasteiger partial charge in [-0.3, -0.25) is 4.55 Å². The first kappa shape index (κ1) is 19.4. The van der Waals surface area contributed by atoms with Crippen molar-refractivity contribution in [1.82, 2.24) is 4.98 Å². The summed E-state index contributed by atoms with van der Waals surface area (Å²) in [7, 11) is -4.02. The van der Waals surface area contributed by atoms with E-state index in [2.05, 4.69) is 4.98 Å². The van der Waals surface area contributed by atoms with Crippen molar-refractivity contribution in [3.63, 3.8) is 0 Å². The molecule has 2 aromatic rings. The van der Waals surface area contributed by atoms with Gasteiger partial charge in [0.05, 0.1) is 11.1 Å². The Morgan fingerprint density at radius 2 is 1.87 bits per heavy atom. The number of nitrogens with two attached hydrogens (primary N) is 1. The third kappa shape index (κ3) is 7.94. The van der Waals surface area contributed by atoms with E-state index in [0.29, 0.717) is 17.5 Å². The molecule has 8 heteroatoms. The van der Waals surface area contributed by atoms with Crippen LogP contribution in [0.25, 0.3) is 0 Å². The van der Waals surface area contributed by atoms with Gasteiger partial charge in [-0.1, -0.05) is 29.3 Å². The number of hydrogen-bond acceptors (Lipinski definition) is 5. The van der Waals surface area contributed by atoms with Crippen LogP contribution in [-0.4, -0.2) is 30.6 Å². The monoisotopic (exact) mass is 358 g/mol. The SMILES string of the molecule is C[C@H](N)COc1ccc(Cl)nc1.Cc1ccc(S(=O)(=O)O)cc1. The van der Waals surface area contributed by atoms with Crippen molar-refractivity contribution in [3.05, 3.63) is 53.3 Å². The minimum Gasteiger partial charge on any atom is -0.490 e. The molecule has 0 aliphatic heterocycles. The highest BCUT2D eigenvalue weighted by atomic mass is 35.5. The Balaban J connectivity index is 0.000000231. The van der Waals surface area contributed by atoms with Crippen molar-refractivity contribution in [3.8, 4) is 5.75 Å². The summed E-state index contributed by atoms with van der Waals surface area (Å²) in [4.78, 5) is 3.79. The first-order valence-corrected chi connectivity index (χ1v) is 8.54. The van der Waals surface area contributed by atoms with Crippen LogP contribution in [0.4, 0.5) is 0 Å². The topological polar surface area (TPSA) is 103 Å². The highest BCUT2D eigenvalue weighted by Crippen LogP contribution is 2.11. The molecule has 0 spiro atoms. The molecule has 23 heavy (non-hydrogen) atoms. The second-order valence-corrected chi connectivity index (χ2v) is 6.70. The van der Waals surface area contributed by atoms with Crippen molar-refractivity contribution in [2.45, 2.75) is 24.8 Å². The molecule has 0 radical (unpaired) electrons. The molecule has 6 nitrogen and oxygen atoms in total. The lowest BCUT2D eigenvalue weighted by Crippen LogP contribution is -2.23. The van der Waals surface area contributed by atoms with E-state index in [1.807, 2.05) is 13.8 Å². The van der Waals surface area contributed by atoms with Gasteiger partial charge >= 0.3 is 0 Å². The van der Waals surface area contributed by atoms with Gasteiger partial charge in [0.15, 0.2) is 0 Å². The second kappa shape index (κ2) is 8.83. The second-order valence-electron chi connectivity index (χ2n) is 4.89. The summed E-state index contributed by atoms with van der Waals surface area (Å²) < 4.78 is 34.8. The molecule has 126 valence electrons. The van der Waals surface area contributed by atoms with Crippen LogP contribution in [0, 0.1) is 6.92 Å². The Kier molecular flexibility index (Phi) is 7.44. The Morgan fingerprint density at radius 3 is 2.30 bits per heavy atom. The van der Waals surface area contributed by atoms with Gasteiger partial charge in [-0.05, 0) is 38.1 Å². The predicted molar refractivity (Wildman–Crippen MR) is 89.4 cm³/mol. The largest absolute Gasteiger partial charge is 0.490 e. The number of ether oxygens (including phenoxy) is 1. The maximum Gasteiger partial charge on any atom is 0.294 e. The van der Waals surface area contributed by atoms with Gasteiger partial charge in [-0.25, -0.2) is 4.98 Å². The molecule has 1 aromatic carbocycles. The molecule has 1 heterocycles. The summed E-state index contributed by atoms with van der Waals surface area (Å²) in [5.74, 6) is 0.691. The van der Waals surface area contributed by atoms with Crippen LogP contribution in [-0.2, 0) is 10.1 Å². The van der Waals surface area contributed by atoms with Gasteiger partial charge in [-0.15, -0.1) is 0 Å². The third-order valence-corrected chi connectivity index (χ3v) is 3.62. The molecule has 0 amide bonds. The molecule has 0 unspecified atom stereocenters. The number of nitrogens with zero attached hydrogens (tertiary/aromatic N) is 1. The number of benzene rings is 1. The van der Waals surface area contributed by atoms with E-state index in [9.17, 15) is 8.42 Å². The lowest BCUT2D eigenvalue weighted by Gasteiger charge is -2.07. The molecule has 1 aromatic heterocycles. The summed E-state index contributed by atoms with van der Waals surface area (Å²) >= 11 is 5.58. The van der Waals surface area contributed by atoms with E-state index >= 15 is 0 Å². The van der Waals surface area contributed by atoms with Crippen molar-refractivity contribution in [1.29, 1.82) is 0 Å². The van der Waals surface area contributed by atoms with E-state index in [-0.39, 0.29) is 10.9 Å². The molecule has 3 N–H and O–H groups in total. The number of pyridine rings is 1. The van der Waals surface area contributed by atoms with Crippen molar-refractivity contribution in [2.24, 2.45) is 5.73 Å². The van der Waals surface area contributed by atoms with Crippen LogP contribution < -0.4 is 10.5 Å². The minimum absolute atomic E-state index is 0.0284. The molecule has 0 aliphatic carbocycles. The fourth-order valence-corrected chi connectivity index (χ4v) is 1.98. The zero-order valence-corrected chi connectivity index (χ0v) is 14.4. The van der Waals surface area contributed by atoms with Crippen LogP contribution in [0.3, 0.4) is 0 Å². The zero-order chi connectivity index (χ0) is 17.5. The summed E-state index contributed by atoms with van der Waals surface area (Å²) in [5, 5.41) is 0.461. The van der Waals surface area contributed by atoms with Gasteiger partial charge in [0.2, 0.25) is 0 Å². The van der Waals surface area contributed by atoms with Crippen LogP contribution in [0.15, 0.2) is 47.5 Å². The highest BCUT2D eigenvalue weighted by Gasteiger charge is 2.06. The standard InChI is InChI=1S/C8H11ClN2O.C7H8O3S/c1-6(10)5-12-7-2-3-8(9)11-4-7;1-6-2-4-7(5-3-6)11(8,9)10/h2-4,6H,5,10H2,1H3;2-5H,1H3,(H,8,9,10)/t6-;/m0./s1. The molecule has 0 aliphatic rings. The number of aromatic nitrogens is 1. The van der Waals surface area contributed by atoms with Crippen LogP contribution in [0.2, 0.25) is 5.15 Å². The molecule has 1 atom stereocenters. The quantitative estimate of drug-likeness (QED) is 0.643. The molecule has 0 saturated carbocycles. The number of hydrogen-bond donors (Lipinski definition) is 2. The van der Waals surface area contributed by atoms with E-state index in [0.717, 1.165) is 5.56 Å². The summed E-state index contributed by atoms with van der Waals surface area (Å²) in [6.07, 6.45) is 1.57. The van der Waals surface area contributed by atoms with Gasteiger partial charge in [0.1, 0.15) is 17.5 Å². The smallest absolute Gasteiger partial charge is 0.294 e. The fourth-order valence-electron chi connectivity index (χ4n) is 1.39. The molecular formula is C15H19ClN2O4S. The molecule has 0 bridgehead atoms. The van der Waals surface area contributed by atoms with Gasteiger partial charge in [0.25, 0.3) is 10.1 Å². The van der Waals surface area contributed by atoms with E-state index in [1.165, 1.54) is 12.1 Å². The Labute approximate surface area is 141 Å². The Hall–Kier alpha value is -1.67. The normalized spacial score (nSPS) is 12.0. The first-order chi connectivity index (χ1) is 10.7. The van der Waals surface area contributed by atoms with Crippen LogP contribution in [0.5, 0.6) is 5.75 Å². The Morgan fingerprint density at radius 1 is 1.26 bits per heavy atom. The number of aryl methyl sites for hydroxylation is 1.